The van der Waals surface area contributed by atoms with Gasteiger partial charge in [-0.2, -0.15) is 0 Å². The van der Waals surface area contributed by atoms with Gasteiger partial charge in [0.25, 0.3) is 0 Å². The molecule has 0 saturated carbocycles. The minimum absolute atomic E-state index is 0.0488. The van der Waals surface area contributed by atoms with Gasteiger partial charge in [0.1, 0.15) is 16.8 Å². The normalized spacial score (nSPS) is 17.2. The number of thiocarbonyl (C=S) groups is 1. The van der Waals surface area contributed by atoms with Crippen molar-refractivity contribution in [3.05, 3.63) is 23.8 Å². The molecule has 0 aliphatic carbocycles. The largest absolute Gasteiger partial charge is 0.424 e. The van der Waals surface area contributed by atoms with Gasteiger partial charge in [-0.3, -0.25) is 0 Å². The van der Waals surface area contributed by atoms with Gasteiger partial charge < -0.3 is 20.7 Å². The van der Waals surface area contributed by atoms with Gasteiger partial charge in [0.2, 0.25) is 0 Å². The van der Waals surface area contributed by atoms with E-state index in [1.165, 1.54) is 0 Å². The summed E-state index contributed by atoms with van der Waals surface area (Å²) in [5, 5.41) is 8.36. The van der Waals surface area contributed by atoms with Crippen molar-refractivity contribution in [2.75, 3.05) is 11.9 Å². The van der Waals surface area contributed by atoms with E-state index in [1.807, 2.05) is 20.8 Å². The molecule has 0 unspecified atom stereocenters. The van der Waals surface area contributed by atoms with Crippen LogP contribution in [0.15, 0.2) is 18.2 Å². The summed E-state index contributed by atoms with van der Waals surface area (Å²) in [6.45, 7) is 6.20. The molecule has 6 nitrogen and oxygen atoms in total. The van der Waals surface area contributed by atoms with Gasteiger partial charge in [0.15, 0.2) is 0 Å². The Hall–Kier alpha value is -2.15. The van der Waals surface area contributed by atoms with Crippen molar-refractivity contribution in [3.63, 3.8) is 0 Å². The van der Waals surface area contributed by atoms with E-state index in [0.29, 0.717) is 28.5 Å². The molecule has 1 aliphatic rings. The van der Waals surface area contributed by atoms with Gasteiger partial charge in [0, 0.05) is 12.2 Å². The van der Waals surface area contributed by atoms with Gasteiger partial charge in [-0.05, 0) is 31.0 Å². The Balaban J connectivity index is 2.27. The number of fused-ring (bicyclic) bond motifs is 1. The number of rotatable bonds is 3. The number of amides is 2. The van der Waals surface area contributed by atoms with Crippen LogP contribution in [-0.4, -0.2) is 29.6 Å². The Morgan fingerprint density at radius 1 is 1.45 bits per heavy atom. The topological polar surface area (TPSA) is 79.5 Å². The zero-order valence-corrected chi connectivity index (χ0v) is 13.5. The molecule has 1 atom stereocenters. The first-order valence-electron chi connectivity index (χ1n) is 7.13. The number of nitrogens with one attached hydrogen (secondary N) is 3. The quantitative estimate of drug-likeness (QED) is 0.451. The highest BCUT2D eigenvalue weighted by molar-refractivity contribution is 7.80. The molecule has 2 rings (SSSR count). The molecule has 22 heavy (non-hydrogen) atoms. The fraction of sp³-hybridized carbons (Fsp3) is 0.400. The van der Waals surface area contributed by atoms with Gasteiger partial charge in [-0.1, -0.05) is 26.1 Å². The molecule has 118 valence electrons. The van der Waals surface area contributed by atoms with Gasteiger partial charge in [-0.15, -0.1) is 0 Å². The summed E-state index contributed by atoms with van der Waals surface area (Å²) in [5.41, 5.74) is 1.16. The Bertz CT molecular complexity index is 616. The van der Waals surface area contributed by atoms with E-state index in [0.717, 1.165) is 0 Å². The van der Waals surface area contributed by atoms with E-state index in [4.69, 9.17) is 17.0 Å². The first kappa shape index (κ1) is 16.2. The Kier molecular flexibility index (Phi) is 4.97. The third kappa shape index (κ3) is 3.54. The van der Waals surface area contributed by atoms with Crippen LogP contribution in [-0.2, 0) is 4.79 Å². The predicted molar refractivity (Wildman–Crippen MR) is 88.2 cm³/mol. The van der Waals surface area contributed by atoms with Crippen LogP contribution in [0.2, 0.25) is 0 Å². The molecule has 0 aromatic heterocycles. The van der Waals surface area contributed by atoms with Crippen LogP contribution in [0.3, 0.4) is 0 Å². The Morgan fingerprint density at radius 2 is 2.18 bits per heavy atom. The van der Waals surface area contributed by atoms with Crippen LogP contribution in [0, 0.1) is 5.92 Å². The summed E-state index contributed by atoms with van der Waals surface area (Å²) in [7, 11) is 0. The van der Waals surface area contributed by atoms with Crippen molar-refractivity contribution in [2.24, 2.45) is 5.92 Å². The predicted octanol–water partition coefficient (Wildman–Crippen LogP) is 2.04. The maximum atomic E-state index is 12.1. The van der Waals surface area contributed by atoms with Crippen molar-refractivity contribution in [1.29, 1.82) is 0 Å². The Morgan fingerprint density at radius 3 is 2.82 bits per heavy atom. The fourth-order valence-electron chi connectivity index (χ4n) is 2.10. The zero-order chi connectivity index (χ0) is 16.3. The highest BCUT2D eigenvalue weighted by Gasteiger charge is 2.30. The monoisotopic (exact) mass is 321 g/mol. The molecular weight excluding hydrogens is 302 g/mol. The third-order valence-electron chi connectivity index (χ3n) is 3.24. The van der Waals surface area contributed by atoms with Crippen LogP contribution in [0.25, 0.3) is 0 Å². The van der Waals surface area contributed by atoms with Crippen LogP contribution in [0.4, 0.5) is 10.5 Å². The van der Waals surface area contributed by atoms with Crippen molar-refractivity contribution in [3.8, 4) is 5.75 Å². The van der Waals surface area contributed by atoms with Crippen molar-refractivity contribution < 1.29 is 14.3 Å². The number of carbonyl (C=O) groups is 2. The second-order valence-electron chi connectivity index (χ2n) is 5.31. The minimum atomic E-state index is -0.486. The summed E-state index contributed by atoms with van der Waals surface area (Å²) in [6.07, 6.45) is 0. The second kappa shape index (κ2) is 6.74. The number of hydrogen-bond acceptors (Lipinski definition) is 4. The lowest BCUT2D eigenvalue weighted by Crippen LogP contribution is -2.43. The first-order chi connectivity index (χ1) is 10.4. The number of hydrogen-bond donors (Lipinski definition) is 3. The minimum Gasteiger partial charge on any atom is -0.424 e. The molecule has 0 saturated heterocycles. The molecule has 3 N–H and O–H groups in total. The Labute approximate surface area is 134 Å². The van der Waals surface area contributed by atoms with Crippen molar-refractivity contribution in [2.45, 2.75) is 26.8 Å². The molecule has 1 aromatic carbocycles. The van der Waals surface area contributed by atoms with Gasteiger partial charge >= 0.3 is 12.0 Å². The van der Waals surface area contributed by atoms with Crippen molar-refractivity contribution in [1.82, 2.24) is 10.6 Å². The molecule has 7 heteroatoms. The molecule has 2 amide bonds. The first-order valence-corrected chi connectivity index (χ1v) is 7.54. The average molecular weight is 321 g/mol. The highest BCUT2D eigenvalue weighted by Crippen LogP contribution is 2.27. The standard InChI is InChI=1S/C15H19N3O3S/c1-4-16-15(20)17-9-5-6-11-10(7-9)13(22)18-12(8(2)3)14(19)21-11/h5-8,12H,4H2,1-3H3,(H,18,22)(H2,16,17,20)/t12-/m0/s1. The van der Waals surface area contributed by atoms with E-state index >= 15 is 0 Å². The SMILES string of the molecule is CCNC(=O)Nc1ccc2c(c1)C(=S)N[C@@H](C(C)C)C(=O)O2. The van der Waals surface area contributed by atoms with Gasteiger partial charge in [-0.25, -0.2) is 9.59 Å². The molecule has 0 radical (unpaired) electrons. The molecule has 0 fully saturated rings. The summed E-state index contributed by atoms with van der Waals surface area (Å²) in [6, 6.07) is 4.20. The molecule has 1 aromatic rings. The second-order valence-corrected chi connectivity index (χ2v) is 5.72. The number of carbonyl (C=O) groups excluding carboxylic acids is 2. The van der Waals surface area contributed by atoms with Crippen molar-refractivity contribution >= 4 is 34.9 Å². The smallest absolute Gasteiger partial charge is 0.334 e. The van der Waals surface area contributed by atoms with Gasteiger partial charge in [0.05, 0.1) is 5.56 Å². The lowest BCUT2D eigenvalue weighted by molar-refractivity contribution is -0.137. The van der Waals surface area contributed by atoms with E-state index in [2.05, 4.69) is 16.0 Å². The van der Waals surface area contributed by atoms with E-state index in [-0.39, 0.29) is 17.9 Å². The highest BCUT2D eigenvalue weighted by atomic mass is 32.1. The van der Waals surface area contributed by atoms with E-state index in [9.17, 15) is 9.59 Å². The van der Waals surface area contributed by atoms with Crippen LogP contribution in [0.1, 0.15) is 26.3 Å². The lowest BCUT2D eigenvalue weighted by Gasteiger charge is -2.17. The molecule has 0 bridgehead atoms. The number of anilines is 1. The summed E-state index contributed by atoms with van der Waals surface area (Å²) in [4.78, 5) is 24.1. The van der Waals surface area contributed by atoms with E-state index in [1.54, 1.807) is 18.2 Å². The number of urea groups is 1. The third-order valence-corrected chi connectivity index (χ3v) is 3.57. The molecule has 1 aliphatic heterocycles. The number of esters is 1. The summed E-state index contributed by atoms with van der Waals surface area (Å²) < 4.78 is 5.39. The number of ether oxygens (including phenoxy) is 1. The maximum Gasteiger partial charge on any atom is 0.334 e. The number of benzene rings is 1. The fourth-order valence-corrected chi connectivity index (χ4v) is 2.39. The van der Waals surface area contributed by atoms with Crippen LogP contribution >= 0.6 is 12.2 Å². The lowest BCUT2D eigenvalue weighted by atomic mass is 10.0. The van der Waals surface area contributed by atoms with E-state index < -0.39 is 6.04 Å². The molecular formula is C15H19N3O3S. The summed E-state index contributed by atoms with van der Waals surface area (Å²) in [5.74, 6) is 0.0836. The molecule has 1 heterocycles. The zero-order valence-electron chi connectivity index (χ0n) is 12.7. The average Bonchev–Trinajstić information content (AvgIpc) is 2.57. The maximum absolute atomic E-state index is 12.1. The summed E-state index contributed by atoms with van der Waals surface area (Å²) >= 11 is 5.35. The molecule has 0 spiro atoms. The van der Waals surface area contributed by atoms with Crippen LogP contribution < -0.4 is 20.7 Å². The van der Waals surface area contributed by atoms with Crippen LogP contribution in [0.5, 0.6) is 5.75 Å².